The standard InChI is InChI=1S/C22H24N4O/c1-3-26(19-7-5-4-6-8-19)20-11-15-24-21(17-20)22(27)25(2)16-12-18-9-13-23-14-10-18/h4-11,13-15,17H,3,12,16H2,1-2H3. The van der Waals surface area contributed by atoms with Gasteiger partial charge in [0.1, 0.15) is 5.69 Å². The topological polar surface area (TPSA) is 49.3 Å². The van der Waals surface area contributed by atoms with E-state index in [1.807, 2.05) is 49.5 Å². The molecule has 2 aromatic heterocycles. The molecule has 27 heavy (non-hydrogen) atoms. The molecule has 0 aliphatic heterocycles. The fourth-order valence-electron chi connectivity index (χ4n) is 2.97. The average molecular weight is 360 g/mol. The Kier molecular flexibility index (Phi) is 6.15. The van der Waals surface area contributed by atoms with Crippen LogP contribution in [0.25, 0.3) is 0 Å². The largest absolute Gasteiger partial charge is 0.342 e. The predicted molar refractivity (Wildman–Crippen MR) is 108 cm³/mol. The lowest BCUT2D eigenvalue weighted by Gasteiger charge is -2.24. The van der Waals surface area contributed by atoms with Crippen LogP contribution in [0.15, 0.2) is 73.2 Å². The first-order valence-electron chi connectivity index (χ1n) is 9.12. The van der Waals surface area contributed by atoms with Crippen molar-refractivity contribution in [2.75, 3.05) is 25.0 Å². The van der Waals surface area contributed by atoms with Crippen molar-refractivity contribution in [2.24, 2.45) is 0 Å². The summed E-state index contributed by atoms with van der Waals surface area (Å²) in [5, 5.41) is 0. The van der Waals surface area contributed by atoms with Gasteiger partial charge in [-0.05, 0) is 55.3 Å². The summed E-state index contributed by atoms with van der Waals surface area (Å²) in [6.07, 6.45) is 6.02. The molecule has 0 saturated carbocycles. The average Bonchev–Trinajstić information content (AvgIpc) is 2.74. The van der Waals surface area contributed by atoms with Gasteiger partial charge in [-0.15, -0.1) is 0 Å². The van der Waals surface area contributed by atoms with E-state index in [0.29, 0.717) is 12.2 Å². The van der Waals surface area contributed by atoms with Gasteiger partial charge < -0.3 is 9.80 Å². The van der Waals surface area contributed by atoms with E-state index < -0.39 is 0 Å². The highest BCUT2D eigenvalue weighted by Gasteiger charge is 2.15. The van der Waals surface area contributed by atoms with Crippen LogP contribution >= 0.6 is 0 Å². The van der Waals surface area contributed by atoms with Crippen molar-refractivity contribution in [3.8, 4) is 0 Å². The van der Waals surface area contributed by atoms with Gasteiger partial charge in [0.2, 0.25) is 0 Å². The van der Waals surface area contributed by atoms with E-state index in [4.69, 9.17) is 0 Å². The number of anilines is 2. The number of para-hydroxylation sites is 1. The van der Waals surface area contributed by atoms with E-state index in [9.17, 15) is 4.79 Å². The lowest BCUT2D eigenvalue weighted by Crippen LogP contribution is -2.29. The van der Waals surface area contributed by atoms with Crippen molar-refractivity contribution >= 4 is 17.3 Å². The van der Waals surface area contributed by atoms with Crippen molar-refractivity contribution in [1.29, 1.82) is 0 Å². The maximum atomic E-state index is 12.8. The number of benzene rings is 1. The Labute approximate surface area is 160 Å². The molecule has 2 heterocycles. The van der Waals surface area contributed by atoms with E-state index in [0.717, 1.165) is 29.9 Å². The Morgan fingerprint density at radius 3 is 2.41 bits per heavy atom. The Hall–Kier alpha value is -3.21. The minimum Gasteiger partial charge on any atom is -0.342 e. The molecule has 5 heteroatoms. The minimum absolute atomic E-state index is 0.0741. The van der Waals surface area contributed by atoms with Crippen molar-refractivity contribution < 1.29 is 4.79 Å². The predicted octanol–water partition coefficient (Wildman–Crippen LogP) is 3.95. The summed E-state index contributed by atoms with van der Waals surface area (Å²) >= 11 is 0. The van der Waals surface area contributed by atoms with E-state index >= 15 is 0 Å². The third-order valence-corrected chi connectivity index (χ3v) is 4.49. The van der Waals surface area contributed by atoms with Gasteiger partial charge in [-0.25, -0.2) is 0 Å². The Morgan fingerprint density at radius 2 is 1.70 bits per heavy atom. The fourth-order valence-corrected chi connectivity index (χ4v) is 2.97. The summed E-state index contributed by atoms with van der Waals surface area (Å²) in [6, 6.07) is 17.9. The Morgan fingerprint density at radius 1 is 0.963 bits per heavy atom. The van der Waals surface area contributed by atoms with E-state index in [1.54, 1.807) is 23.5 Å². The number of nitrogens with zero attached hydrogens (tertiary/aromatic N) is 4. The summed E-state index contributed by atoms with van der Waals surface area (Å²) in [5.74, 6) is -0.0741. The molecule has 0 spiro atoms. The van der Waals surface area contributed by atoms with Crippen molar-refractivity contribution in [2.45, 2.75) is 13.3 Å². The number of pyridine rings is 2. The number of hydrogen-bond acceptors (Lipinski definition) is 4. The zero-order chi connectivity index (χ0) is 19.1. The van der Waals surface area contributed by atoms with Crippen LogP contribution in [-0.4, -0.2) is 40.9 Å². The molecular weight excluding hydrogens is 336 g/mol. The zero-order valence-corrected chi connectivity index (χ0v) is 15.7. The molecule has 5 nitrogen and oxygen atoms in total. The molecule has 0 aliphatic carbocycles. The molecule has 0 N–H and O–H groups in total. The first kappa shape index (κ1) is 18.6. The molecule has 0 saturated heterocycles. The van der Waals surface area contributed by atoms with Gasteiger partial charge in [0.05, 0.1) is 0 Å². The van der Waals surface area contributed by atoms with E-state index in [1.165, 1.54) is 0 Å². The number of hydrogen-bond donors (Lipinski definition) is 0. The lowest BCUT2D eigenvalue weighted by atomic mass is 10.2. The number of rotatable bonds is 7. The van der Waals surface area contributed by atoms with Crippen LogP contribution in [0.3, 0.4) is 0 Å². The normalized spacial score (nSPS) is 10.4. The fraction of sp³-hybridized carbons (Fsp3) is 0.227. The van der Waals surface area contributed by atoms with Gasteiger partial charge >= 0.3 is 0 Å². The van der Waals surface area contributed by atoms with Crippen LogP contribution in [0.5, 0.6) is 0 Å². The monoisotopic (exact) mass is 360 g/mol. The van der Waals surface area contributed by atoms with Crippen LogP contribution in [0.2, 0.25) is 0 Å². The quantitative estimate of drug-likeness (QED) is 0.640. The number of carbonyl (C=O) groups is 1. The van der Waals surface area contributed by atoms with Crippen LogP contribution in [0, 0.1) is 0 Å². The molecule has 3 aromatic rings. The number of likely N-dealkylation sites (N-methyl/N-ethyl adjacent to an activating group) is 1. The molecule has 138 valence electrons. The van der Waals surface area contributed by atoms with Crippen molar-refractivity contribution in [3.63, 3.8) is 0 Å². The maximum absolute atomic E-state index is 12.8. The highest BCUT2D eigenvalue weighted by atomic mass is 16.2. The molecule has 0 unspecified atom stereocenters. The second kappa shape index (κ2) is 8.94. The highest BCUT2D eigenvalue weighted by Crippen LogP contribution is 2.25. The van der Waals surface area contributed by atoms with Crippen molar-refractivity contribution in [1.82, 2.24) is 14.9 Å². The van der Waals surface area contributed by atoms with Crippen LogP contribution in [-0.2, 0) is 6.42 Å². The van der Waals surface area contributed by atoms with Gasteiger partial charge in [-0.3, -0.25) is 14.8 Å². The summed E-state index contributed by atoms with van der Waals surface area (Å²) < 4.78 is 0. The maximum Gasteiger partial charge on any atom is 0.272 e. The van der Waals surface area contributed by atoms with Gasteiger partial charge in [-0.1, -0.05) is 18.2 Å². The number of amides is 1. The molecule has 1 aromatic carbocycles. The third kappa shape index (κ3) is 4.70. The molecular formula is C22H24N4O. The SMILES string of the molecule is CCN(c1ccccc1)c1ccnc(C(=O)N(C)CCc2ccncc2)c1. The Balaban J connectivity index is 1.73. The summed E-state index contributed by atoms with van der Waals surface area (Å²) in [7, 11) is 1.81. The lowest BCUT2D eigenvalue weighted by molar-refractivity contribution is 0.0791. The number of aromatic nitrogens is 2. The van der Waals surface area contributed by atoms with Crippen LogP contribution in [0.1, 0.15) is 23.0 Å². The molecule has 0 fully saturated rings. The highest BCUT2D eigenvalue weighted by molar-refractivity contribution is 5.93. The second-order valence-electron chi connectivity index (χ2n) is 6.31. The molecule has 0 atom stereocenters. The van der Waals surface area contributed by atoms with Gasteiger partial charge in [-0.2, -0.15) is 0 Å². The second-order valence-corrected chi connectivity index (χ2v) is 6.31. The summed E-state index contributed by atoms with van der Waals surface area (Å²) in [6.45, 7) is 3.53. The summed E-state index contributed by atoms with van der Waals surface area (Å²) in [5.41, 5.74) is 3.67. The first-order chi connectivity index (χ1) is 13.2. The van der Waals surface area contributed by atoms with Crippen LogP contribution in [0.4, 0.5) is 11.4 Å². The third-order valence-electron chi connectivity index (χ3n) is 4.49. The molecule has 3 rings (SSSR count). The molecule has 0 bridgehead atoms. The number of carbonyl (C=O) groups excluding carboxylic acids is 1. The van der Waals surface area contributed by atoms with Gasteiger partial charge in [0.25, 0.3) is 5.91 Å². The summed E-state index contributed by atoms with van der Waals surface area (Å²) in [4.78, 5) is 25.0. The zero-order valence-electron chi connectivity index (χ0n) is 15.7. The van der Waals surface area contributed by atoms with Crippen LogP contribution < -0.4 is 4.90 Å². The van der Waals surface area contributed by atoms with E-state index in [-0.39, 0.29) is 5.91 Å². The molecule has 1 amide bonds. The van der Waals surface area contributed by atoms with Crippen molar-refractivity contribution in [3.05, 3.63) is 84.4 Å². The Bertz CT molecular complexity index is 868. The molecule has 0 radical (unpaired) electrons. The van der Waals surface area contributed by atoms with Gasteiger partial charge in [0, 0.05) is 50.1 Å². The first-order valence-corrected chi connectivity index (χ1v) is 9.12. The van der Waals surface area contributed by atoms with Gasteiger partial charge in [0.15, 0.2) is 0 Å². The smallest absolute Gasteiger partial charge is 0.272 e. The van der Waals surface area contributed by atoms with E-state index in [2.05, 4.69) is 33.9 Å². The minimum atomic E-state index is -0.0741. The molecule has 0 aliphatic rings.